The molecule has 0 amide bonds. The summed E-state index contributed by atoms with van der Waals surface area (Å²) < 4.78 is 7.23. The minimum atomic E-state index is 0.496. The molecule has 8 heteroatoms. The van der Waals surface area contributed by atoms with Gasteiger partial charge in [0.2, 0.25) is 0 Å². The van der Waals surface area contributed by atoms with Crippen LogP contribution in [-0.2, 0) is 20.0 Å². The quantitative estimate of drug-likeness (QED) is 0.436. The predicted molar refractivity (Wildman–Crippen MR) is 129 cm³/mol. The second-order valence-corrected chi connectivity index (χ2v) is 8.98. The SMILES string of the molecule is COc1ccc(CCNC(=NCc2nnc(C)n2C)NC[C@H]2CCCN2CC(C)C)cc1. The zero-order chi connectivity index (χ0) is 22.9. The van der Waals surface area contributed by atoms with E-state index in [2.05, 4.69) is 51.7 Å². The van der Waals surface area contributed by atoms with Gasteiger partial charge in [-0.05, 0) is 56.3 Å². The molecular formula is C24H39N7O. The molecule has 1 aromatic heterocycles. The number of methoxy groups -OCH3 is 1. The van der Waals surface area contributed by atoms with E-state index < -0.39 is 0 Å². The summed E-state index contributed by atoms with van der Waals surface area (Å²) in [6, 6.07) is 8.78. The summed E-state index contributed by atoms with van der Waals surface area (Å²) in [7, 11) is 3.67. The maximum absolute atomic E-state index is 5.25. The highest BCUT2D eigenvalue weighted by atomic mass is 16.5. The summed E-state index contributed by atoms with van der Waals surface area (Å²) in [4.78, 5) is 7.42. The molecule has 0 spiro atoms. The third-order valence-electron chi connectivity index (χ3n) is 6.03. The Kier molecular flexibility index (Phi) is 8.90. The Labute approximate surface area is 192 Å². The van der Waals surface area contributed by atoms with Crippen molar-refractivity contribution in [2.75, 3.05) is 33.3 Å². The van der Waals surface area contributed by atoms with E-state index in [-0.39, 0.29) is 0 Å². The number of likely N-dealkylation sites (tertiary alicyclic amines) is 1. The van der Waals surface area contributed by atoms with E-state index in [0.29, 0.717) is 18.5 Å². The van der Waals surface area contributed by atoms with Crippen LogP contribution in [0.15, 0.2) is 29.3 Å². The van der Waals surface area contributed by atoms with Gasteiger partial charge in [0.1, 0.15) is 18.1 Å². The van der Waals surface area contributed by atoms with Gasteiger partial charge < -0.3 is 19.9 Å². The topological polar surface area (TPSA) is 79.6 Å². The molecule has 32 heavy (non-hydrogen) atoms. The van der Waals surface area contributed by atoms with Gasteiger partial charge in [-0.1, -0.05) is 26.0 Å². The van der Waals surface area contributed by atoms with Crippen LogP contribution in [0.2, 0.25) is 0 Å². The molecular weight excluding hydrogens is 402 g/mol. The number of aromatic nitrogens is 3. The summed E-state index contributed by atoms with van der Waals surface area (Å²) in [6.45, 7) is 11.1. The highest BCUT2D eigenvalue weighted by Crippen LogP contribution is 2.18. The molecule has 0 unspecified atom stereocenters. The highest BCUT2D eigenvalue weighted by Gasteiger charge is 2.24. The average Bonchev–Trinajstić information content (AvgIpc) is 3.35. The van der Waals surface area contributed by atoms with Gasteiger partial charge in [-0.2, -0.15) is 0 Å². The first kappa shape index (κ1) is 24.0. The monoisotopic (exact) mass is 441 g/mol. The largest absolute Gasteiger partial charge is 0.497 e. The molecule has 1 fully saturated rings. The lowest BCUT2D eigenvalue weighted by Crippen LogP contribution is -2.46. The van der Waals surface area contributed by atoms with E-state index in [1.54, 1.807) is 7.11 Å². The Morgan fingerprint density at radius 3 is 2.66 bits per heavy atom. The molecule has 2 heterocycles. The lowest BCUT2D eigenvalue weighted by atomic mass is 10.1. The molecule has 1 saturated heterocycles. The molecule has 2 aromatic rings. The summed E-state index contributed by atoms with van der Waals surface area (Å²) in [5, 5.41) is 15.5. The van der Waals surface area contributed by atoms with Crippen molar-refractivity contribution in [3.8, 4) is 5.75 Å². The molecule has 1 aliphatic heterocycles. The van der Waals surface area contributed by atoms with E-state index in [0.717, 1.165) is 49.4 Å². The lowest BCUT2D eigenvalue weighted by Gasteiger charge is -2.27. The molecule has 1 atom stereocenters. The number of aliphatic imine (C=N–C) groups is 1. The van der Waals surface area contributed by atoms with Crippen molar-refractivity contribution in [3.63, 3.8) is 0 Å². The van der Waals surface area contributed by atoms with Gasteiger partial charge in [-0.25, -0.2) is 4.99 Å². The lowest BCUT2D eigenvalue weighted by molar-refractivity contribution is 0.226. The first-order valence-corrected chi connectivity index (χ1v) is 11.7. The van der Waals surface area contributed by atoms with E-state index >= 15 is 0 Å². The van der Waals surface area contributed by atoms with Crippen molar-refractivity contribution in [2.45, 2.75) is 52.6 Å². The van der Waals surface area contributed by atoms with Crippen molar-refractivity contribution < 1.29 is 4.74 Å². The van der Waals surface area contributed by atoms with E-state index in [9.17, 15) is 0 Å². The third kappa shape index (κ3) is 6.95. The number of aryl methyl sites for hydroxylation is 1. The fourth-order valence-corrected chi connectivity index (χ4v) is 4.08. The Morgan fingerprint density at radius 2 is 2.00 bits per heavy atom. The molecule has 8 nitrogen and oxygen atoms in total. The Morgan fingerprint density at radius 1 is 1.22 bits per heavy atom. The molecule has 1 aliphatic rings. The summed E-state index contributed by atoms with van der Waals surface area (Å²) in [6.07, 6.45) is 3.42. The van der Waals surface area contributed by atoms with Crippen LogP contribution in [0, 0.1) is 12.8 Å². The van der Waals surface area contributed by atoms with Crippen molar-refractivity contribution in [3.05, 3.63) is 41.5 Å². The fourth-order valence-electron chi connectivity index (χ4n) is 4.08. The summed E-state index contributed by atoms with van der Waals surface area (Å²) in [5.74, 6) is 4.15. The molecule has 0 saturated carbocycles. The van der Waals surface area contributed by atoms with Gasteiger partial charge in [0.15, 0.2) is 11.8 Å². The fraction of sp³-hybridized carbons (Fsp3) is 0.625. The van der Waals surface area contributed by atoms with Crippen LogP contribution in [0.4, 0.5) is 0 Å². The first-order chi connectivity index (χ1) is 15.5. The Hall–Kier alpha value is -2.61. The Balaban J connectivity index is 1.59. The summed E-state index contributed by atoms with van der Waals surface area (Å²) in [5.41, 5.74) is 1.26. The number of guanidine groups is 1. The smallest absolute Gasteiger partial charge is 0.191 e. The van der Waals surface area contributed by atoms with Gasteiger partial charge in [-0.15, -0.1) is 10.2 Å². The number of hydrogen-bond donors (Lipinski definition) is 2. The normalized spacial score (nSPS) is 17.2. The van der Waals surface area contributed by atoms with Crippen LogP contribution in [0.1, 0.15) is 43.9 Å². The maximum Gasteiger partial charge on any atom is 0.191 e. The van der Waals surface area contributed by atoms with Gasteiger partial charge >= 0.3 is 0 Å². The maximum atomic E-state index is 5.25. The van der Waals surface area contributed by atoms with Crippen LogP contribution < -0.4 is 15.4 Å². The van der Waals surface area contributed by atoms with Crippen molar-refractivity contribution in [1.82, 2.24) is 30.3 Å². The van der Waals surface area contributed by atoms with Crippen LogP contribution in [0.3, 0.4) is 0 Å². The predicted octanol–water partition coefficient (Wildman–Crippen LogP) is 2.53. The molecule has 1 aromatic carbocycles. The minimum absolute atomic E-state index is 0.496. The zero-order valence-corrected chi connectivity index (χ0v) is 20.3. The molecule has 0 aliphatic carbocycles. The minimum Gasteiger partial charge on any atom is -0.497 e. The first-order valence-electron chi connectivity index (χ1n) is 11.7. The zero-order valence-electron chi connectivity index (χ0n) is 20.3. The number of ether oxygens (including phenoxy) is 1. The standard InChI is InChI=1S/C24H39N7O/c1-18(2)17-31-14-6-7-21(31)15-26-24(27-16-23-29-28-19(3)30(23)4)25-13-12-20-8-10-22(32-5)11-9-20/h8-11,18,21H,6-7,12-17H2,1-5H3,(H2,25,26,27)/t21-/m1/s1. The molecule has 176 valence electrons. The number of rotatable bonds is 10. The molecule has 3 rings (SSSR count). The molecule has 2 N–H and O–H groups in total. The third-order valence-corrected chi connectivity index (χ3v) is 6.03. The van der Waals surface area contributed by atoms with Crippen LogP contribution in [0.5, 0.6) is 5.75 Å². The van der Waals surface area contributed by atoms with E-state index in [4.69, 9.17) is 9.73 Å². The summed E-state index contributed by atoms with van der Waals surface area (Å²) >= 11 is 0. The molecule has 0 radical (unpaired) electrons. The van der Waals surface area contributed by atoms with Gasteiger partial charge in [0, 0.05) is 32.7 Å². The van der Waals surface area contributed by atoms with Crippen LogP contribution in [0.25, 0.3) is 0 Å². The number of nitrogens with zero attached hydrogens (tertiary/aromatic N) is 5. The number of nitrogens with one attached hydrogen (secondary N) is 2. The van der Waals surface area contributed by atoms with Crippen molar-refractivity contribution in [1.29, 1.82) is 0 Å². The molecule has 0 bridgehead atoms. The van der Waals surface area contributed by atoms with Gasteiger partial charge in [0.25, 0.3) is 0 Å². The average molecular weight is 442 g/mol. The Bertz CT molecular complexity index is 860. The highest BCUT2D eigenvalue weighted by molar-refractivity contribution is 5.79. The van der Waals surface area contributed by atoms with Gasteiger partial charge in [0.05, 0.1) is 7.11 Å². The van der Waals surface area contributed by atoms with E-state index in [1.165, 1.54) is 24.9 Å². The van der Waals surface area contributed by atoms with Gasteiger partial charge in [-0.3, -0.25) is 4.90 Å². The second-order valence-electron chi connectivity index (χ2n) is 8.98. The number of hydrogen-bond acceptors (Lipinski definition) is 5. The van der Waals surface area contributed by atoms with Crippen molar-refractivity contribution in [2.24, 2.45) is 18.0 Å². The number of benzene rings is 1. The second kappa shape index (κ2) is 11.9. The van der Waals surface area contributed by atoms with Crippen LogP contribution in [-0.4, -0.2) is 65.0 Å². The van der Waals surface area contributed by atoms with E-state index in [1.807, 2.05) is 30.7 Å². The van der Waals surface area contributed by atoms with Crippen LogP contribution >= 0.6 is 0 Å². The van der Waals surface area contributed by atoms with Crippen molar-refractivity contribution >= 4 is 5.96 Å².